The molecule has 4 aromatic rings. The Bertz CT molecular complexity index is 1090. The molecule has 4 rings (SSSR count). The lowest BCUT2D eigenvalue weighted by Gasteiger charge is -2.11. The quantitative estimate of drug-likeness (QED) is 0.572. The van der Waals surface area contributed by atoms with Gasteiger partial charge in [-0.3, -0.25) is 4.79 Å². The monoisotopic (exact) mass is 338 g/mol. The second kappa shape index (κ2) is 5.61. The number of anilines is 1. The summed E-state index contributed by atoms with van der Waals surface area (Å²) in [5.41, 5.74) is 1.91. The Morgan fingerprint density at radius 1 is 1.21 bits per heavy atom. The maximum absolute atomic E-state index is 12.5. The Hall–Kier alpha value is -2.93. The first-order valence-corrected chi connectivity index (χ1v) is 8.16. The number of thiazole rings is 1. The van der Waals surface area contributed by atoms with E-state index in [0.29, 0.717) is 21.1 Å². The largest absolute Gasteiger partial charge is 0.461 e. The van der Waals surface area contributed by atoms with Gasteiger partial charge >= 0.3 is 0 Å². The molecule has 0 saturated heterocycles. The van der Waals surface area contributed by atoms with Crippen molar-refractivity contribution < 1.29 is 4.42 Å². The van der Waals surface area contributed by atoms with E-state index in [1.165, 1.54) is 15.9 Å². The van der Waals surface area contributed by atoms with Gasteiger partial charge in [0.05, 0.1) is 10.8 Å². The topological polar surface area (TPSA) is 63.6 Å². The first-order chi connectivity index (χ1) is 11.6. The summed E-state index contributed by atoms with van der Waals surface area (Å²) in [5.74, 6) is 0.973. The number of furan rings is 1. The standard InChI is InChI=1S/C17H14N4O2S/c1-20(2)12-7-5-11(6-8-12)10-14-16(22)21-17(24-14)18-15(19-21)13-4-3-9-23-13/h3-10H,1-2H3. The van der Waals surface area contributed by atoms with Crippen LogP contribution in [0.1, 0.15) is 5.56 Å². The van der Waals surface area contributed by atoms with E-state index in [4.69, 9.17) is 4.42 Å². The molecule has 0 aliphatic heterocycles. The van der Waals surface area contributed by atoms with Crippen LogP contribution in [0.4, 0.5) is 5.69 Å². The Morgan fingerprint density at radius 2 is 2.00 bits per heavy atom. The summed E-state index contributed by atoms with van der Waals surface area (Å²) in [6.07, 6.45) is 3.41. The molecule has 0 N–H and O–H groups in total. The highest BCUT2D eigenvalue weighted by Gasteiger charge is 2.13. The van der Waals surface area contributed by atoms with Crippen LogP contribution < -0.4 is 15.0 Å². The predicted octanol–water partition coefficient (Wildman–Crippen LogP) is 2.02. The molecule has 0 spiro atoms. The van der Waals surface area contributed by atoms with Gasteiger partial charge < -0.3 is 9.32 Å². The molecule has 3 aromatic heterocycles. The van der Waals surface area contributed by atoms with E-state index in [-0.39, 0.29) is 5.56 Å². The summed E-state index contributed by atoms with van der Waals surface area (Å²) in [6, 6.07) is 11.5. The fraction of sp³-hybridized carbons (Fsp3) is 0.118. The highest BCUT2D eigenvalue weighted by Crippen LogP contribution is 2.17. The molecular weight excluding hydrogens is 324 g/mol. The SMILES string of the molecule is CN(C)c1ccc(C=c2sc3nc(-c4ccco4)nn3c2=O)cc1. The summed E-state index contributed by atoms with van der Waals surface area (Å²) in [5, 5.41) is 4.24. The van der Waals surface area contributed by atoms with Crippen molar-refractivity contribution >= 4 is 28.1 Å². The van der Waals surface area contributed by atoms with Crippen molar-refractivity contribution in [3.05, 3.63) is 63.1 Å². The lowest BCUT2D eigenvalue weighted by atomic mass is 10.2. The average Bonchev–Trinajstić information content (AvgIpc) is 3.27. The number of aromatic nitrogens is 3. The highest BCUT2D eigenvalue weighted by atomic mass is 32.1. The number of hydrogen-bond donors (Lipinski definition) is 0. The van der Waals surface area contributed by atoms with Crippen LogP contribution in [0.25, 0.3) is 22.6 Å². The van der Waals surface area contributed by atoms with Crippen molar-refractivity contribution in [2.24, 2.45) is 0 Å². The van der Waals surface area contributed by atoms with Crippen LogP contribution in [-0.4, -0.2) is 28.7 Å². The first-order valence-electron chi connectivity index (χ1n) is 7.34. The average molecular weight is 338 g/mol. The van der Waals surface area contributed by atoms with Crippen LogP contribution in [0.15, 0.2) is 51.9 Å². The van der Waals surface area contributed by atoms with Crippen LogP contribution in [0.3, 0.4) is 0 Å². The van der Waals surface area contributed by atoms with Crippen molar-refractivity contribution in [2.75, 3.05) is 19.0 Å². The first kappa shape index (κ1) is 14.6. The van der Waals surface area contributed by atoms with Crippen LogP contribution in [0.2, 0.25) is 0 Å². The smallest absolute Gasteiger partial charge is 0.291 e. The van der Waals surface area contributed by atoms with Gasteiger partial charge in [-0.15, -0.1) is 5.10 Å². The van der Waals surface area contributed by atoms with Crippen molar-refractivity contribution in [3.63, 3.8) is 0 Å². The van der Waals surface area contributed by atoms with E-state index in [0.717, 1.165) is 11.3 Å². The fourth-order valence-electron chi connectivity index (χ4n) is 2.36. The summed E-state index contributed by atoms with van der Waals surface area (Å²) in [7, 11) is 3.98. The molecule has 0 saturated carbocycles. The van der Waals surface area contributed by atoms with Crippen LogP contribution in [0.5, 0.6) is 0 Å². The number of benzene rings is 1. The maximum atomic E-state index is 12.5. The third kappa shape index (κ3) is 2.48. The molecule has 0 fully saturated rings. The molecule has 0 radical (unpaired) electrons. The van der Waals surface area contributed by atoms with Gasteiger partial charge in [0.2, 0.25) is 10.8 Å². The Kier molecular flexibility index (Phi) is 3.42. The predicted molar refractivity (Wildman–Crippen MR) is 94.4 cm³/mol. The van der Waals surface area contributed by atoms with Gasteiger partial charge in [-0.25, -0.2) is 0 Å². The zero-order chi connectivity index (χ0) is 16.7. The summed E-state index contributed by atoms with van der Waals surface area (Å²) in [4.78, 5) is 19.4. The fourth-order valence-corrected chi connectivity index (χ4v) is 3.27. The molecule has 0 aliphatic rings. The van der Waals surface area contributed by atoms with Gasteiger partial charge in [-0.1, -0.05) is 23.5 Å². The van der Waals surface area contributed by atoms with E-state index in [1.54, 1.807) is 18.4 Å². The molecule has 0 bridgehead atoms. The van der Waals surface area contributed by atoms with Crippen molar-refractivity contribution in [1.29, 1.82) is 0 Å². The molecule has 120 valence electrons. The summed E-state index contributed by atoms with van der Waals surface area (Å²) < 4.78 is 7.19. The van der Waals surface area contributed by atoms with Gasteiger partial charge in [0.15, 0.2) is 5.76 Å². The minimum absolute atomic E-state index is 0.169. The van der Waals surface area contributed by atoms with Gasteiger partial charge in [0.1, 0.15) is 0 Å². The molecule has 0 unspecified atom stereocenters. The molecule has 3 heterocycles. The minimum Gasteiger partial charge on any atom is -0.461 e. The molecule has 24 heavy (non-hydrogen) atoms. The van der Waals surface area contributed by atoms with E-state index in [2.05, 4.69) is 10.1 Å². The number of fused-ring (bicyclic) bond motifs is 1. The molecule has 0 atom stereocenters. The molecule has 1 aromatic carbocycles. The number of nitrogens with zero attached hydrogens (tertiary/aromatic N) is 4. The van der Waals surface area contributed by atoms with Crippen molar-refractivity contribution in [3.8, 4) is 11.6 Å². The minimum atomic E-state index is -0.169. The highest BCUT2D eigenvalue weighted by molar-refractivity contribution is 7.15. The Labute approximate surface area is 141 Å². The lowest BCUT2D eigenvalue weighted by Crippen LogP contribution is -2.23. The van der Waals surface area contributed by atoms with Crippen LogP contribution >= 0.6 is 11.3 Å². The van der Waals surface area contributed by atoms with Gasteiger partial charge in [-0.2, -0.15) is 9.50 Å². The Balaban J connectivity index is 1.76. The molecule has 7 heteroatoms. The third-order valence-electron chi connectivity index (χ3n) is 3.63. The third-order valence-corrected chi connectivity index (χ3v) is 4.59. The summed E-state index contributed by atoms with van der Waals surface area (Å²) in [6.45, 7) is 0. The number of hydrogen-bond acceptors (Lipinski definition) is 6. The summed E-state index contributed by atoms with van der Waals surface area (Å²) >= 11 is 1.32. The van der Waals surface area contributed by atoms with Crippen LogP contribution in [-0.2, 0) is 0 Å². The lowest BCUT2D eigenvalue weighted by molar-refractivity contribution is 0.577. The second-order valence-electron chi connectivity index (χ2n) is 5.51. The van der Waals surface area contributed by atoms with Crippen LogP contribution in [0, 0.1) is 0 Å². The van der Waals surface area contributed by atoms with E-state index >= 15 is 0 Å². The molecule has 0 aliphatic carbocycles. The molecular formula is C17H14N4O2S. The molecule has 6 nitrogen and oxygen atoms in total. The van der Waals surface area contributed by atoms with E-state index in [1.807, 2.05) is 49.3 Å². The van der Waals surface area contributed by atoms with Gasteiger partial charge in [0.25, 0.3) is 5.56 Å². The van der Waals surface area contributed by atoms with Gasteiger partial charge in [0, 0.05) is 19.8 Å². The van der Waals surface area contributed by atoms with Crippen molar-refractivity contribution in [2.45, 2.75) is 0 Å². The second-order valence-corrected chi connectivity index (χ2v) is 6.52. The zero-order valence-corrected chi connectivity index (χ0v) is 13.9. The Morgan fingerprint density at radius 3 is 2.62 bits per heavy atom. The number of rotatable bonds is 3. The van der Waals surface area contributed by atoms with Gasteiger partial charge in [-0.05, 0) is 35.9 Å². The van der Waals surface area contributed by atoms with Crippen molar-refractivity contribution in [1.82, 2.24) is 14.6 Å². The zero-order valence-electron chi connectivity index (χ0n) is 13.1. The maximum Gasteiger partial charge on any atom is 0.291 e. The van der Waals surface area contributed by atoms with E-state index in [9.17, 15) is 4.79 Å². The van der Waals surface area contributed by atoms with E-state index < -0.39 is 0 Å². The molecule has 0 amide bonds. The normalized spacial score (nSPS) is 12.2.